The molecule has 0 bridgehead atoms. The van der Waals surface area contributed by atoms with Gasteiger partial charge in [-0.1, -0.05) is 42.0 Å². The number of hydrogen-bond donors (Lipinski definition) is 2. The van der Waals surface area contributed by atoms with E-state index < -0.39 is 0 Å². The van der Waals surface area contributed by atoms with Gasteiger partial charge in [-0.25, -0.2) is 4.79 Å². The highest BCUT2D eigenvalue weighted by molar-refractivity contribution is 7.98. The molecule has 0 saturated heterocycles. The molecular formula is C23H31N3O2S. The van der Waals surface area contributed by atoms with Crippen LogP contribution in [0.1, 0.15) is 40.9 Å². The minimum absolute atomic E-state index is 0.000361. The lowest BCUT2D eigenvalue weighted by Crippen LogP contribution is -2.36. The summed E-state index contributed by atoms with van der Waals surface area (Å²) in [5.74, 6) is 1.81. The summed E-state index contributed by atoms with van der Waals surface area (Å²) in [5.41, 5.74) is 4.17. The molecule has 0 unspecified atom stereocenters. The third-order valence-electron chi connectivity index (χ3n) is 4.67. The van der Waals surface area contributed by atoms with Crippen LogP contribution < -0.4 is 10.6 Å². The van der Waals surface area contributed by atoms with Crippen molar-refractivity contribution in [3.05, 3.63) is 70.8 Å². The quantitative estimate of drug-likeness (QED) is 0.606. The highest BCUT2D eigenvalue weighted by atomic mass is 32.2. The number of aryl methyl sites for hydroxylation is 1. The van der Waals surface area contributed by atoms with Gasteiger partial charge in [0.05, 0.1) is 0 Å². The van der Waals surface area contributed by atoms with Crippen molar-refractivity contribution in [3.63, 3.8) is 0 Å². The van der Waals surface area contributed by atoms with E-state index in [2.05, 4.69) is 41.8 Å². The van der Waals surface area contributed by atoms with Crippen LogP contribution in [0.4, 0.5) is 4.79 Å². The van der Waals surface area contributed by atoms with Crippen LogP contribution in [0, 0.1) is 6.92 Å². The fourth-order valence-electron chi connectivity index (χ4n) is 2.56. The van der Waals surface area contributed by atoms with Gasteiger partial charge in [-0.3, -0.25) is 4.79 Å². The molecule has 0 aliphatic heterocycles. The van der Waals surface area contributed by atoms with Gasteiger partial charge in [0.1, 0.15) is 0 Å². The third kappa shape index (κ3) is 7.81. The van der Waals surface area contributed by atoms with Crippen molar-refractivity contribution in [3.8, 4) is 0 Å². The summed E-state index contributed by atoms with van der Waals surface area (Å²) < 4.78 is 0. The molecule has 0 aliphatic carbocycles. The van der Waals surface area contributed by atoms with E-state index in [1.165, 1.54) is 11.1 Å². The summed E-state index contributed by atoms with van der Waals surface area (Å²) in [6.07, 6.45) is 0. The molecule has 0 spiro atoms. The fourth-order valence-corrected chi connectivity index (χ4v) is 3.38. The van der Waals surface area contributed by atoms with Gasteiger partial charge in [-0.05, 0) is 44.0 Å². The Morgan fingerprint density at radius 3 is 2.21 bits per heavy atom. The second-order valence-electron chi connectivity index (χ2n) is 7.35. The average Bonchev–Trinajstić information content (AvgIpc) is 2.72. The maximum Gasteiger partial charge on any atom is 0.315 e. The monoisotopic (exact) mass is 413 g/mol. The SMILES string of the molecule is Cc1ccc(CSCCNC(=O)NCc2ccc(C(=O)N(C)C(C)C)cc2)cc1. The van der Waals surface area contributed by atoms with Crippen molar-refractivity contribution >= 4 is 23.7 Å². The average molecular weight is 414 g/mol. The van der Waals surface area contributed by atoms with Crippen molar-refractivity contribution in [1.82, 2.24) is 15.5 Å². The molecule has 0 aliphatic rings. The Kier molecular flexibility index (Phi) is 9.06. The smallest absolute Gasteiger partial charge is 0.315 e. The lowest BCUT2D eigenvalue weighted by Gasteiger charge is -2.21. The van der Waals surface area contributed by atoms with Gasteiger partial charge in [-0.15, -0.1) is 0 Å². The van der Waals surface area contributed by atoms with Gasteiger partial charge < -0.3 is 15.5 Å². The number of rotatable bonds is 9. The van der Waals surface area contributed by atoms with E-state index in [-0.39, 0.29) is 18.0 Å². The predicted molar refractivity (Wildman–Crippen MR) is 121 cm³/mol. The molecular weight excluding hydrogens is 382 g/mol. The molecule has 0 aromatic heterocycles. The van der Waals surface area contributed by atoms with Gasteiger partial charge >= 0.3 is 6.03 Å². The fraction of sp³-hybridized carbons (Fsp3) is 0.391. The lowest BCUT2D eigenvalue weighted by molar-refractivity contribution is 0.0755. The molecule has 2 N–H and O–H groups in total. The summed E-state index contributed by atoms with van der Waals surface area (Å²) in [4.78, 5) is 25.9. The second-order valence-corrected chi connectivity index (χ2v) is 8.46. The molecule has 0 atom stereocenters. The van der Waals surface area contributed by atoms with Gasteiger partial charge in [-0.2, -0.15) is 11.8 Å². The van der Waals surface area contributed by atoms with E-state index in [0.29, 0.717) is 18.7 Å². The van der Waals surface area contributed by atoms with Gasteiger partial charge in [0, 0.05) is 43.2 Å². The zero-order valence-corrected chi connectivity index (χ0v) is 18.5. The van der Waals surface area contributed by atoms with Crippen LogP contribution >= 0.6 is 11.8 Å². The zero-order chi connectivity index (χ0) is 21.2. The molecule has 0 saturated carbocycles. The maximum absolute atomic E-state index is 12.3. The van der Waals surface area contributed by atoms with E-state index in [9.17, 15) is 9.59 Å². The molecule has 0 fully saturated rings. The standard InChI is InChI=1S/C23H31N3O2S/c1-17(2)26(4)22(27)21-11-9-19(10-12-21)15-25-23(28)24-13-14-29-16-20-7-5-18(3)6-8-20/h5-12,17H,13-16H2,1-4H3,(H2,24,25,28). The number of thioether (sulfide) groups is 1. The first-order valence-electron chi connectivity index (χ1n) is 9.88. The van der Waals surface area contributed by atoms with Crippen LogP contribution in [0.2, 0.25) is 0 Å². The molecule has 29 heavy (non-hydrogen) atoms. The number of carbonyl (C=O) groups excluding carboxylic acids is 2. The van der Waals surface area contributed by atoms with Crippen molar-refractivity contribution in [1.29, 1.82) is 0 Å². The van der Waals surface area contributed by atoms with Crippen molar-refractivity contribution < 1.29 is 9.59 Å². The normalized spacial score (nSPS) is 10.7. The Hall–Kier alpha value is -2.47. The molecule has 2 rings (SSSR count). The van der Waals surface area contributed by atoms with Gasteiger partial charge in [0.25, 0.3) is 5.91 Å². The molecule has 6 heteroatoms. The minimum Gasteiger partial charge on any atom is -0.339 e. The molecule has 5 nitrogen and oxygen atoms in total. The molecule has 3 amide bonds. The van der Waals surface area contributed by atoms with Gasteiger partial charge in [0.2, 0.25) is 0 Å². The van der Waals surface area contributed by atoms with Crippen LogP contribution in [0.5, 0.6) is 0 Å². The van der Waals surface area contributed by atoms with Crippen LogP contribution in [-0.4, -0.2) is 42.2 Å². The summed E-state index contributed by atoms with van der Waals surface area (Å²) in [5, 5.41) is 5.72. The summed E-state index contributed by atoms with van der Waals surface area (Å²) in [6, 6.07) is 15.8. The van der Waals surface area contributed by atoms with Crippen LogP contribution in [0.15, 0.2) is 48.5 Å². The van der Waals surface area contributed by atoms with Gasteiger partial charge in [0.15, 0.2) is 0 Å². The zero-order valence-electron chi connectivity index (χ0n) is 17.7. The number of amides is 3. The maximum atomic E-state index is 12.3. The first-order valence-corrected chi connectivity index (χ1v) is 11.0. The Balaban J connectivity index is 1.64. The van der Waals surface area contributed by atoms with E-state index in [1.807, 2.05) is 26.0 Å². The summed E-state index contributed by atoms with van der Waals surface area (Å²) in [6.45, 7) is 7.10. The molecule has 2 aromatic rings. The highest BCUT2D eigenvalue weighted by Crippen LogP contribution is 2.12. The Morgan fingerprint density at radius 1 is 0.966 bits per heavy atom. The number of urea groups is 1. The van der Waals surface area contributed by atoms with Crippen molar-refractivity contribution in [2.45, 2.75) is 39.1 Å². The van der Waals surface area contributed by atoms with E-state index in [0.717, 1.165) is 17.1 Å². The minimum atomic E-state index is -0.180. The topological polar surface area (TPSA) is 61.4 Å². The number of nitrogens with one attached hydrogen (secondary N) is 2. The van der Waals surface area contributed by atoms with Crippen molar-refractivity contribution in [2.24, 2.45) is 0 Å². The Bertz CT molecular complexity index is 789. The number of benzene rings is 2. The van der Waals surface area contributed by atoms with Crippen LogP contribution in [0.3, 0.4) is 0 Å². The number of carbonyl (C=O) groups is 2. The first-order chi connectivity index (χ1) is 13.9. The lowest BCUT2D eigenvalue weighted by atomic mass is 10.1. The molecule has 0 radical (unpaired) electrons. The van der Waals surface area contributed by atoms with E-state index >= 15 is 0 Å². The third-order valence-corrected chi connectivity index (χ3v) is 5.70. The number of nitrogens with zero attached hydrogens (tertiary/aromatic N) is 1. The van der Waals surface area contributed by atoms with E-state index in [4.69, 9.17) is 0 Å². The van der Waals surface area contributed by atoms with Crippen molar-refractivity contribution in [2.75, 3.05) is 19.3 Å². The van der Waals surface area contributed by atoms with Crippen LogP contribution in [0.25, 0.3) is 0 Å². The Morgan fingerprint density at radius 2 is 1.59 bits per heavy atom. The second kappa shape index (κ2) is 11.5. The molecule has 156 valence electrons. The van der Waals surface area contributed by atoms with E-state index in [1.54, 1.807) is 35.8 Å². The number of hydrogen-bond acceptors (Lipinski definition) is 3. The molecule has 0 heterocycles. The molecule has 2 aromatic carbocycles. The summed E-state index contributed by atoms with van der Waals surface area (Å²) >= 11 is 1.80. The largest absolute Gasteiger partial charge is 0.339 e. The first kappa shape index (κ1) is 22.8. The van der Waals surface area contributed by atoms with Crippen LogP contribution in [-0.2, 0) is 12.3 Å². The summed E-state index contributed by atoms with van der Waals surface area (Å²) in [7, 11) is 1.80. The Labute approximate surface area is 178 Å². The predicted octanol–water partition coefficient (Wildman–Crippen LogP) is 4.21. The highest BCUT2D eigenvalue weighted by Gasteiger charge is 2.13.